The van der Waals surface area contributed by atoms with Crippen LogP contribution in [-0.4, -0.2) is 19.5 Å². The first kappa shape index (κ1) is 34.4. The maximum atomic E-state index is 5.17. The van der Waals surface area contributed by atoms with Crippen molar-refractivity contribution >= 4 is 60.8 Å². The van der Waals surface area contributed by atoms with Gasteiger partial charge in [0.05, 0.1) is 44.7 Å². The molecule has 0 radical (unpaired) electrons. The summed E-state index contributed by atoms with van der Waals surface area (Å²) in [4.78, 5) is 17.5. The van der Waals surface area contributed by atoms with Gasteiger partial charge in [0.1, 0.15) is 0 Å². The fraction of sp³-hybridized carbons (Fsp3) is 0.0185. The zero-order chi connectivity index (χ0) is 39.3. The average molecular weight is 756 g/mol. The molecule has 0 saturated heterocycles. The molecule has 0 aliphatic carbocycles. The molecule has 0 aliphatic rings. The molecule has 8 aromatic carbocycles. The van der Waals surface area contributed by atoms with Crippen molar-refractivity contribution in [2.75, 3.05) is 4.90 Å². The van der Waals surface area contributed by atoms with E-state index in [0.29, 0.717) is 0 Å². The highest BCUT2D eigenvalue weighted by molar-refractivity contribution is 6.11. The molecule has 59 heavy (non-hydrogen) atoms. The maximum Gasteiger partial charge on any atom is 0.0973 e. The summed E-state index contributed by atoms with van der Waals surface area (Å²) in [6.45, 7) is 2.17. The molecule has 11 rings (SSSR count). The van der Waals surface area contributed by atoms with Crippen molar-refractivity contribution in [3.05, 3.63) is 212 Å². The molecular weight excluding hydrogens is 719 g/mol. The Kier molecular flexibility index (Phi) is 8.30. The Labute approximate surface area is 342 Å². The number of benzene rings is 8. The zero-order valence-corrected chi connectivity index (χ0v) is 32.4. The van der Waals surface area contributed by atoms with E-state index in [1.165, 1.54) is 38.5 Å². The number of aryl methyl sites for hydroxylation is 1. The SMILES string of the molecule is Cc1ccc2c(c1)c1cc(-c3ccccc3)ccc1n2-c1ccc(N(c2ccc(-c3nc4ccccc4nc3-c3ccccc3)cc2)c2cccc3cccnc23)cc1. The Morgan fingerprint density at radius 1 is 0.441 bits per heavy atom. The Bertz CT molecular complexity index is 3310. The molecule has 0 amide bonds. The first-order valence-electron chi connectivity index (χ1n) is 19.9. The lowest BCUT2D eigenvalue weighted by Gasteiger charge is -2.27. The number of fused-ring (bicyclic) bond motifs is 5. The molecule has 11 aromatic rings. The summed E-state index contributed by atoms with van der Waals surface area (Å²) in [5, 5.41) is 3.57. The average Bonchev–Trinajstić information content (AvgIpc) is 3.62. The third-order valence-corrected chi connectivity index (χ3v) is 11.3. The number of pyridine rings is 1. The van der Waals surface area contributed by atoms with E-state index in [-0.39, 0.29) is 0 Å². The van der Waals surface area contributed by atoms with Crippen molar-refractivity contribution in [1.29, 1.82) is 0 Å². The fourth-order valence-electron chi connectivity index (χ4n) is 8.44. The van der Waals surface area contributed by atoms with E-state index < -0.39 is 0 Å². The quantitative estimate of drug-likeness (QED) is 0.162. The van der Waals surface area contributed by atoms with Crippen LogP contribution in [0, 0.1) is 6.92 Å². The van der Waals surface area contributed by atoms with Crippen molar-refractivity contribution in [3.63, 3.8) is 0 Å². The summed E-state index contributed by atoms with van der Waals surface area (Å²) in [5.41, 5.74) is 16.6. The van der Waals surface area contributed by atoms with Gasteiger partial charge in [0.2, 0.25) is 0 Å². The van der Waals surface area contributed by atoms with Crippen LogP contribution >= 0.6 is 0 Å². The predicted octanol–water partition coefficient (Wildman–Crippen LogP) is 14.1. The van der Waals surface area contributed by atoms with Crippen molar-refractivity contribution < 1.29 is 0 Å². The predicted molar refractivity (Wildman–Crippen MR) is 245 cm³/mol. The van der Waals surface area contributed by atoms with E-state index in [4.69, 9.17) is 15.0 Å². The van der Waals surface area contributed by atoms with Gasteiger partial charge >= 0.3 is 0 Å². The van der Waals surface area contributed by atoms with Gasteiger partial charge in [0, 0.05) is 50.5 Å². The molecule has 0 unspecified atom stereocenters. The van der Waals surface area contributed by atoms with E-state index >= 15 is 0 Å². The molecule has 3 aromatic heterocycles. The van der Waals surface area contributed by atoms with Gasteiger partial charge in [-0.1, -0.05) is 121 Å². The van der Waals surface area contributed by atoms with E-state index in [0.717, 1.165) is 67.2 Å². The number of aromatic nitrogens is 4. The van der Waals surface area contributed by atoms with Crippen LogP contribution in [0.15, 0.2) is 206 Å². The molecule has 0 spiro atoms. The van der Waals surface area contributed by atoms with E-state index in [1.54, 1.807) is 0 Å². The van der Waals surface area contributed by atoms with Gasteiger partial charge in [-0.2, -0.15) is 0 Å². The Morgan fingerprint density at radius 3 is 1.69 bits per heavy atom. The van der Waals surface area contributed by atoms with Crippen molar-refractivity contribution in [3.8, 4) is 39.3 Å². The molecule has 3 heterocycles. The van der Waals surface area contributed by atoms with Crippen LogP contribution in [0.1, 0.15) is 5.56 Å². The highest BCUT2D eigenvalue weighted by Crippen LogP contribution is 2.41. The zero-order valence-electron chi connectivity index (χ0n) is 32.4. The smallest absolute Gasteiger partial charge is 0.0973 e. The molecule has 0 saturated carbocycles. The largest absolute Gasteiger partial charge is 0.309 e. The van der Waals surface area contributed by atoms with Gasteiger partial charge in [-0.25, -0.2) is 9.97 Å². The lowest BCUT2D eigenvalue weighted by atomic mass is 10.0. The molecule has 5 nitrogen and oxygen atoms in total. The van der Waals surface area contributed by atoms with Gasteiger partial charge < -0.3 is 9.47 Å². The molecule has 0 atom stereocenters. The minimum Gasteiger partial charge on any atom is -0.309 e. The van der Waals surface area contributed by atoms with Gasteiger partial charge in [-0.15, -0.1) is 0 Å². The van der Waals surface area contributed by atoms with Crippen LogP contribution < -0.4 is 4.90 Å². The first-order chi connectivity index (χ1) is 29.2. The van der Waals surface area contributed by atoms with Gasteiger partial charge in [0.25, 0.3) is 0 Å². The van der Waals surface area contributed by atoms with Gasteiger partial charge in [0.15, 0.2) is 0 Å². The third-order valence-electron chi connectivity index (χ3n) is 11.3. The van der Waals surface area contributed by atoms with Crippen LogP contribution in [0.2, 0.25) is 0 Å². The normalized spacial score (nSPS) is 11.5. The summed E-state index contributed by atoms with van der Waals surface area (Å²) in [7, 11) is 0. The van der Waals surface area contributed by atoms with Crippen molar-refractivity contribution in [2.45, 2.75) is 6.92 Å². The number of hydrogen-bond acceptors (Lipinski definition) is 4. The lowest BCUT2D eigenvalue weighted by molar-refractivity contribution is 1.17. The molecule has 0 N–H and O–H groups in total. The van der Waals surface area contributed by atoms with E-state index in [9.17, 15) is 0 Å². The number of hydrogen-bond donors (Lipinski definition) is 0. The van der Waals surface area contributed by atoms with Crippen LogP contribution in [0.3, 0.4) is 0 Å². The van der Waals surface area contributed by atoms with Gasteiger partial charge in [-0.3, -0.25) is 4.98 Å². The first-order valence-corrected chi connectivity index (χ1v) is 19.9. The minimum atomic E-state index is 0.849. The van der Waals surface area contributed by atoms with E-state index in [1.807, 2.05) is 54.7 Å². The Morgan fingerprint density at radius 2 is 1.00 bits per heavy atom. The number of para-hydroxylation sites is 3. The van der Waals surface area contributed by atoms with Gasteiger partial charge in [-0.05, 0) is 103 Å². The monoisotopic (exact) mass is 755 g/mol. The second-order valence-electron chi connectivity index (χ2n) is 15.0. The highest BCUT2D eigenvalue weighted by atomic mass is 15.1. The molecule has 0 fully saturated rings. The minimum absolute atomic E-state index is 0.849. The summed E-state index contributed by atoms with van der Waals surface area (Å²) in [6.07, 6.45) is 1.87. The van der Waals surface area contributed by atoms with Crippen molar-refractivity contribution in [1.82, 2.24) is 19.5 Å². The summed E-state index contributed by atoms with van der Waals surface area (Å²) in [5.74, 6) is 0. The van der Waals surface area contributed by atoms with Crippen LogP contribution in [0.4, 0.5) is 17.1 Å². The summed E-state index contributed by atoms with van der Waals surface area (Å²) < 4.78 is 2.39. The fourth-order valence-corrected chi connectivity index (χ4v) is 8.44. The maximum absolute atomic E-state index is 5.17. The molecule has 278 valence electrons. The number of anilines is 3. The lowest BCUT2D eigenvalue weighted by Crippen LogP contribution is -2.11. The number of rotatable bonds is 7. The third kappa shape index (κ3) is 6.08. The second kappa shape index (κ2) is 14.2. The molecule has 0 aliphatic heterocycles. The second-order valence-corrected chi connectivity index (χ2v) is 15.0. The van der Waals surface area contributed by atoms with Crippen LogP contribution in [0.25, 0.3) is 83.1 Å². The highest BCUT2D eigenvalue weighted by Gasteiger charge is 2.20. The van der Waals surface area contributed by atoms with Crippen molar-refractivity contribution in [2.24, 2.45) is 0 Å². The topological polar surface area (TPSA) is 46.8 Å². The summed E-state index contributed by atoms with van der Waals surface area (Å²) in [6, 6.07) is 70.6. The molecule has 5 heteroatoms. The number of nitrogens with zero attached hydrogens (tertiary/aromatic N) is 5. The Hall–Kier alpha value is -7.89. The summed E-state index contributed by atoms with van der Waals surface area (Å²) >= 11 is 0. The standard InChI is InChI=1S/C54H37N5/c1-36-21-31-49-45(34-36)46-35-41(37-12-4-2-5-13-37)24-32-50(46)59(49)44-29-27-43(28-30-44)58(51-20-10-16-38-17-11-33-55-52(38)51)42-25-22-40(23-26-42)54-53(39-14-6-3-7-15-39)56-47-18-8-9-19-48(47)57-54/h2-35H,1H3. The van der Waals surface area contributed by atoms with E-state index in [2.05, 4.69) is 168 Å². The van der Waals surface area contributed by atoms with Crippen LogP contribution in [0.5, 0.6) is 0 Å². The molecule has 0 bridgehead atoms. The van der Waals surface area contributed by atoms with Crippen LogP contribution in [-0.2, 0) is 0 Å². The Balaban J connectivity index is 1.04. The molecular formula is C54H37N5.